The van der Waals surface area contributed by atoms with Crippen LogP contribution in [0.1, 0.15) is 13.3 Å². The number of hydrogen-bond acceptors (Lipinski definition) is 2. The first-order valence-corrected chi connectivity index (χ1v) is 5.03. The van der Waals surface area contributed by atoms with Gasteiger partial charge in [0.25, 0.3) is 0 Å². The first-order valence-electron chi connectivity index (χ1n) is 3.20. The highest BCUT2D eigenvalue weighted by Gasteiger charge is 2.15. The highest BCUT2D eigenvalue weighted by Crippen LogP contribution is 2.25. The Hall–Kier alpha value is -0.250. The molecule has 0 radical (unpaired) electrons. The fourth-order valence-corrected chi connectivity index (χ4v) is 2.21. The van der Waals surface area contributed by atoms with Crippen LogP contribution in [0.3, 0.4) is 0 Å². The van der Waals surface area contributed by atoms with Crippen LogP contribution in [0, 0.1) is 0 Å². The summed E-state index contributed by atoms with van der Waals surface area (Å²) in [7, 11) is -2.22. The van der Waals surface area contributed by atoms with Crippen molar-refractivity contribution in [2.45, 2.75) is 13.3 Å². The first-order chi connectivity index (χ1) is 5.52. The largest absolute Gasteiger partial charge is 0.217 e. The van der Waals surface area contributed by atoms with Gasteiger partial charge in [0, 0.05) is 16.5 Å². The van der Waals surface area contributed by atoms with E-state index >= 15 is 0 Å². The average Bonchev–Trinajstić information content (AvgIpc) is 1.96. The van der Waals surface area contributed by atoms with Gasteiger partial charge in [-0.05, 0) is 18.6 Å². The van der Waals surface area contributed by atoms with Crippen molar-refractivity contribution >= 4 is 38.4 Å². The van der Waals surface area contributed by atoms with Crippen molar-refractivity contribution in [1.29, 1.82) is 0 Å². The summed E-state index contributed by atoms with van der Waals surface area (Å²) in [6.45, 7) is 1.66. The van der Waals surface area contributed by atoms with Crippen LogP contribution in [-0.2, 0) is 10.3 Å². The second-order valence-electron chi connectivity index (χ2n) is 2.40. The minimum atomic E-state index is -2.22. The smallest absolute Gasteiger partial charge is 0.184 e. The van der Waals surface area contributed by atoms with Gasteiger partial charge in [0.15, 0.2) is 0 Å². The van der Waals surface area contributed by atoms with Crippen LogP contribution >= 0.6 is 23.2 Å². The van der Waals surface area contributed by atoms with Crippen LogP contribution in [0.4, 0.5) is 0 Å². The lowest BCUT2D eigenvalue weighted by Crippen LogP contribution is -2.07. The molecule has 1 aliphatic carbocycles. The van der Waals surface area contributed by atoms with Crippen molar-refractivity contribution in [1.82, 2.24) is 0 Å². The van der Waals surface area contributed by atoms with E-state index in [-0.39, 0.29) is 11.3 Å². The van der Waals surface area contributed by atoms with Crippen LogP contribution in [0.25, 0.3) is 0 Å². The molecule has 0 aromatic rings. The van der Waals surface area contributed by atoms with Gasteiger partial charge in [0.2, 0.25) is 10.3 Å². The van der Waals surface area contributed by atoms with Crippen molar-refractivity contribution in [3.8, 4) is 0 Å². The molecule has 5 heteroatoms. The molecular weight excluding hydrogens is 219 g/mol. The van der Waals surface area contributed by atoms with Gasteiger partial charge in [-0.25, -0.2) is 0 Å². The van der Waals surface area contributed by atoms with Gasteiger partial charge in [-0.15, -0.1) is 0 Å². The summed E-state index contributed by atoms with van der Waals surface area (Å²) in [4.78, 5) is 0.271. The van der Waals surface area contributed by atoms with Crippen LogP contribution < -0.4 is 0 Å². The third-order valence-corrected chi connectivity index (χ3v) is 3.08. The van der Waals surface area contributed by atoms with Crippen molar-refractivity contribution in [2.24, 2.45) is 0 Å². The Balaban J connectivity index is 3.36. The van der Waals surface area contributed by atoms with Gasteiger partial charge < -0.3 is 0 Å². The molecule has 1 aliphatic rings. The topological polar surface area (TPSA) is 34.1 Å². The van der Waals surface area contributed by atoms with Gasteiger partial charge >= 0.3 is 0 Å². The fourth-order valence-electron chi connectivity index (χ4n) is 0.900. The zero-order chi connectivity index (χ0) is 9.30. The summed E-state index contributed by atoms with van der Waals surface area (Å²) in [5, 5.41) is 0.843. The monoisotopic (exact) mass is 224 g/mol. The minimum Gasteiger partial charge on any atom is -0.184 e. The zero-order valence-corrected chi connectivity index (χ0v) is 8.59. The summed E-state index contributed by atoms with van der Waals surface area (Å²) in [6, 6.07) is 0. The Morgan fingerprint density at radius 3 is 2.50 bits per heavy atom. The van der Waals surface area contributed by atoms with E-state index in [0.29, 0.717) is 15.6 Å². The highest BCUT2D eigenvalue weighted by molar-refractivity contribution is 7.73. The molecule has 0 saturated carbocycles. The third-order valence-electron chi connectivity index (χ3n) is 1.59. The van der Waals surface area contributed by atoms with E-state index in [1.54, 1.807) is 13.0 Å². The standard InChI is InChI=1S/C7H6Cl2O2S/c1-4-6(9)2-5(8)3-7(4)12(10)11/h2H,3H2,1H3. The molecule has 0 bridgehead atoms. The summed E-state index contributed by atoms with van der Waals surface area (Å²) >= 11 is 11.4. The van der Waals surface area contributed by atoms with Gasteiger partial charge in [-0.3, -0.25) is 0 Å². The maximum atomic E-state index is 10.6. The molecule has 0 saturated heterocycles. The molecule has 0 fully saturated rings. The maximum Gasteiger partial charge on any atom is 0.217 e. The Bertz CT molecular complexity index is 393. The molecule has 0 aliphatic heterocycles. The average molecular weight is 225 g/mol. The maximum absolute atomic E-state index is 10.6. The Morgan fingerprint density at radius 1 is 1.42 bits per heavy atom. The van der Waals surface area contributed by atoms with Crippen molar-refractivity contribution in [3.63, 3.8) is 0 Å². The third kappa shape index (κ3) is 1.91. The van der Waals surface area contributed by atoms with Crippen LogP contribution in [0.2, 0.25) is 0 Å². The SMILES string of the molecule is CC1=C(Cl)C=C(Cl)CC1=S(=O)=O. The van der Waals surface area contributed by atoms with E-state index in [1.165, 1.54) is 0 Å². The summed E-state index contributed by atoms with van der Waals surface area (Å²) in [5.74, 6) is 0. The van der Waals surface area contributed by atoms with Crippen molar-refractivity contribution < 1.29 is 8.42 Å². The molecule has 0 N–H and O–H groups in total. The van der Waals surface area contributed by atoms with Crippen molar-refractivity contribution in [2.75, 3.05) is 0 Å². The summed E-state index contributed by atoms with van der Waals surface area (Å²) in [6.07, 6.45) is 1.81. The first kappa shape index (κ1) is 9.84. The zero-order valence-electron chi connectivity index (χ0n) is 6.27. The molecule has 12 heavy (non-hydrogen) atoms. The van der Waals surface area contributed by atoms with E-state index < -0.39 is 10.3 Å². The van der Waals surface area contributed by atoms with Crippen LogP contribution in [0.5, 0.6) is 0 Å². The molecule has 0 aromatic carbocycles. The lowest BCUT2D eigenvalue weighted by molar-refractivity contribution is 0.627. The van der Waals surface area contributed by atoms with Crippen LogP contribution in [-0.4, -0.2) is 13.3 Å². The Kier molecular flexibility index (Phi) is 2.99. The van der Waals surface area contributed by atoms with E-state index in [1.807, 2.05) is 0 Å². The van der Waals surface area contributed by atoms with E-state index in [9.17, 15) is 8.42 Å². The fraction of sp³-hybridized carbons (Fsp3) is 0.286. The molecule has 1 rings (SSSR count). The lowest BCUT2D eigenvalue weighted by atomic mass is 10.1. The lowest BCUT2D eigenvalue weighted by Gasteiger charge is -2.09. The van der Waals surface area contributed by atoms with Gasteiger partial charge in [0.1, 0.15) is 0 Å². The van der Waals surface area contributed by atoms with Gasteiger partial charge in [-0.2, -0.15) is 8.42 Å². The molecule has 0 amide bonds. The normalized spacial score (nSPS) is 17.9. The van der Waals surface area contributed by atoms with E-state index in [4.69, 9.17) is 23.2 Å². The number of hydrogen-bond donors (Lipinski definition) is 0. The molecule has 2 nitrogen and oxygen atoms in total. The van der Waals surface area contributed by atoms with Crippen LogP contribution in [0.15, 0.2) is 21.7 Å². The molecule has 0 atom stereocenters. The van der Waals surface area contributed by atoms with Gasteiger partial charge in [0.05, 0.1) is 4.86 Å². The second kappa shape index (κ2) is 3.64. The number of rotatable bonds is 0. The predicted octanol–water partition coefficient (Wildman–Crippen LogP) is 2.08. The predicted molar refractivity (Wildman–Crippen MR) is 51.0 cm³/mol. The van der Waals surface area contributed by atoms with Gasteiger partial charge in [-0.1, -0.05) is 23.2 Å². The highest BCUT2D eigenvalue weighted by atomic mass is 35.5. The molecule has 0 heterocycles. The molecular formula is C7H6Cl2O2S. The second-order valence-corrected chi connectivity index (χ2v) is 4.25. The quantitative estimate of drug-likeness (QED) is 0.591. The van der Waals surface area contributed by atoms with E-state index in [2.05, 4.69) is 0 Å². The number of allylic oxidation sites excluding steroid dienone is 4. The number of halogens is 2. The molecule has 0 aromatic heterocycles. The summed E-state index contributed by atoms with van der Waals surface area (Å²) < 4.78 is 21.3. The Labute approximate surface area is 82.0 Å². The summed E-state index contributed by atoms with van der Waals surface area (Å²) in [5.41, 5.74) is 0.578. The molecule has 0 spiro atoms. The van der Waals surface area contributed by atoms with Crippen molar-refractivity contribution in [3.05, 3.63) is 21.7 Å². The Morgan fingerprint density at radius 2 is 2.00 bits per heavy atom. The molecule has 0 unspecified atom stereocenters. The minimum absolute atomic E-state index is 0.250. The van der Waals surface area contributed by atoms with E-state index in [0.717, 1.165) is 0 Å². The molecule has 66 valence electrons.